The fraction of sp³-hybridized carbons (Fsp3) is 0.727. The molecule has 1 aromatic rings. The summed E-state index contributed by atoms with van der Waals surface area (Å²) in [4.78, 5) is 39.2. The van der Waals surface area contributed by atoms with Crippen LogP contribution in [0, 0.1) is 11.3 Å². The van der Waals surface area contributed by atoms with Crippen LogP contribution in [0.3, 0.4) is 0 Å². The van der Waals surface area contributed by atoms with Crippen LogP contribution in [0.15, 0.2) is 18.2 Å². The number of nitrogens with one attached hydrogen (secondary N) is 2. The topological polar surface area (TPSA) is 143 Å². The number of aliphatic hydroxyl groups excluding tert-OH is 1. The Kier molecular flexibility index (Phi) is 11.3. The lowest BCUT2D eigenvalue weighted by Crippen LogP contribution is -2.65. The SMILES string of the molecule is COc1cc(CC2(C(CC(CCCC(C)O)OC(C)=O)OC(=O)C34CCCCC3CCC(=O)N4)CCNCC2)ccc1O. The van der Waals surface area contributed by atoms with E-state index in [1.54, 1.807) is 13.0 Å². The molecule has 0 aromatic heterocycles. The van der Waals surface area contributed by atoms with Crippen LogP contribution in [0.1, 0.15) is 96.5 Å². The Morgan fingerprint density at radius 1 is 1.09 bits per heavy atom. The maximum atomic E-state index is 14.4. The predicted octanol–water partition coefficient (Wildman–Crippen LogP) is 3.94. The van der Waals surface area contributed by atoms with E-state index < -0.39 is 35.2 Å². The van der Waals surface area contributed by atoms with Crippen molar-refractivity contribution in [1.82, 2.24) is 10.6 Å². The first-order valence-electron chi connectivity index (χ1n) is 16.0. The van der Waals surface area contributed by atoms with Gasteiger partial charge in [-0.1, -0.05) is 18.9 Å². The highest BCUT2D eigenvalue weighted by molar-refractivity contribution is 5.90. The summed E-state index contributed by atoms with van der Waals surface area (Å²) in [6, 6.07) is 5.30. The minimum atomic E-state index is -1.04. The first kappa shape index (κ1) is 33.1. The van der Waals surface area contributed by atoms with Gasteiger partial charge >= 0.3 is 11.9 Å². The highest BCUT2D eigenvalue weighted by Crippen LogP contribution is 2.45. The molecule has 0 spiro atoms. The van der Waals surface area contributed by atoms with Crippen molar-refractivity contribution in [3.8, 4) is 11.5 Å². The molecule has 1 aromatic carbocycles. The van der Waals surface area contributed by atoms with Gasteiger partial charge in [-0.15, -0.1) is 0 Å². The van der Waals surface area contributed by atoms with E-state index in [1.807, 2.05) is 12.1 Å². The maximum Gasteiger partial charge on any atom is 0.332 e. The summed E-state index contributed by atoms with van der Waals surface area (Å²) in [5.41, 5.74) is -0.592. The second-order valence-corrected chi connectivity index (χ2v) is 12.9. The number of phenolic OH excluding ortho intramolecular Hbond substituents is 1. The van der Waals surface area contributed by atoms with Crippen LogP contribution in [-0.4, -0.2) is 72.1 Å². The Labute approximate surface area is 255 Å². The fourth-order valence-corrected chi connectivity index (χ4v) is 7.51. The van der Waals surface area contributed by atoms with E-state index in [1.165, 1.54) is 14.0 Å². The van der Waals surface area contributed by atoms with Crippen LogP contribution in [0.25, 0.3) is 0 Å². The molecule has 3 aliphatic rings. The molecule has 2 heterocycles. The third kappa shape index (κ3) is 8.20. The number of rotatable bonds is 13. The number of methoxy groups -OCH3 is 1. The molecule has 2 saturated heterocycles. The molecule has 4 rings (SSSR count). The largest absolute Gasteiger partial charge is 0.504 e. The van der Waals surface area contributed by atoms with Gasteiger partial charge in [-0.3, -0.25) is 9.59 Å². The Balaban J connectivity index is 1.70. The molecule has 0 radical (unpaired) electrons. The summed E-state index contributed by atoms with van der Waals surface area (Å²) in [5, 5.41) is 26.6. The van der Waals surface area contributed by atoms with E-state index in [2.05, 4.69) is 10.6 Å². The summed E-state index contributed by atoms with van der Waals surface area (Å²) in [6.07, 6.45) is 6.88. The monoisotopic (exact) mass is 602 g/mol. The van der Waals surface area contributed by atoms with E-state index in [-0.39, 0.29) is 23.5 Å². The van der Waals surface area contributed by atoms with Crippen molar-refractivity contribution in [3.05, 3.63) is 23.8 Å². The molecule has 1 saturated carbocycles. The van der Waals surface area contributed by atoms with Gasteiger partial charge < -0.3 is 35.1 Å². The Hall–Kier alpha value is -2.85. The standard InChI is InChI=1S/C33H50N2O8/c1-22(36)7-6-9-26(42-23(2)37)20-29(43-31(40)33-14-5-4-8-25(33)11-13-30(39)35-33)32(15-17-34-18-16-32)21-24-10-12-27(38)28(19-24)41-3/h10,12,19,22,25-26,29,34,36,38H,4-9,11,13-18,20-21H2,1-3H3,(H,35,39). The number of amides is 1. The molecular weight excluding hydrogens is 552 g/mol. The van der Waals surface area contributed by atoms with Gasteiger partial charge in [-0.25, -0.2) is 4.79 Å². The molecule has 1 aliphatic carbocycles. The molecule has 43 heavy (non-hydrogen) atoms. The average molecular weight is 603 g/mol. The molecule has 240 valence electrons. The molecule has 5 unspecified atom stereocenters. The maximum absolute atomic E-state index is 14.4. The van der Waals surface area contributed by atoms with Crippen LogP contribution in [0.4, 0.5) is 0 Å². The summed E-state index contributed by atoms with van der Waals surface area (Å²) >= 11 is 0. The molecule has 5 atom stereocenters. The average Bonchev–Trinajstić information content (AvgIpc) is 2.97. The summed E-state index contributed by atoms with van der Waals surface area (Å²) in [7, 11) is 1.51. The van der Waals surface area contributed by atoms with Crippen LogP contribution in [0.2, 0.25) is 0 Å². The van der Waals surface area contributed by atoms with Crippen molar-refractivity contribution < 1.29 is 38.8 Å². The first-order chi connectivity index (χ1) is 20.6. The van der Waals surface area contributed by atoms with Crippen LogP contribution >= 0.6 is 0 Å². The first-order valence-corrected chi connectivity index (χ1v) is 16.0. The number of carbonyl (C=O) groups is 3. The zero-order chi connectivity index (χ0) is 31.0. The van der Waals surface area contributed by atoms with Gasteiger partial charge in [0.05, 0.1) is 13.2 Å². The highest BCUT2D eigenvalue weighted by Gasteiger charge is 2.54. The van der Waals surface area contributed by atoms with Crippen molar-refractivity contribution in [2.75, 3.05) is 20.2 Å². The van der Waals surface area contributed by atoms with Gasteiger partial charge in [-0.2, -0.15) is 0 Å². The van der Waals surface area contributed by atoms with Gasteiger partial charge in [0.15, 0.2) is 11.5 Å². The van der Waals surface area contributed by atoms with Crippen molar-refractivity contribution in [2.45, 2.75) is 121 Å². The minimum Gasteiger partial charge on any atom is -0.504 e. The predicted molar refractivity (Wildman–Crippen MR) is 161 cm³/mol. The lowest BCUT2D eigenvalue weighted by molar-refractivity contribution is -0.178. The van der Waals surface area contributed by atoms with Crippen LogP contribution < -0.4 is 15.4 Å². The Bertz CT molecular complexity index is 1120. The number of hydrogen-bond donors (Lipinski definition) is 4. The molecule has 4 N–H and O–H groups in total. The zero-order valence-electron chi connectivity index (χ0n) is 26.0. The second-order valence-electron chi connectivity index (χ2n) is 12.9. The molecule has 10 nitrogen and oxygen atoms in total. The number of ether oxygens (including phenoxy) is 3. The zero-order valence-corrected chi connectivity index (χ0v) is 26.0. The molecule has 1 amide bonds. The van der Waals surface area contributed by atoms with Gasteiger partial charge in [0.1, 0.15) is 17.7 Å². The number of benzene rings is 1. The molecular formula is C33H50N2O8. The molecule has 2 aliphatic heterocycles. The number of aliphatic hydroxyl groups is 1. The third-order valence-corrected chi connectivity index (χ3v) is 9.81. The quantitative estimate of drug-likeness (QED) is 0.247. The number of piperidine rings is 2. The van der Waals surface area contributed by atoms with E-state index in [4.69, 9.17) is 14.2 Å². The summed E-state index contributed by atoms with van der Waals surface area (Å²) in [5.74, 6) is -0.442. The number of phenols is 1. The third-order valence-electron chi connectivity index (χ3n) is 9.81. The summed E-state index contributed by atoms with van der Waals surface area (Å²) < 4.78 is 17.8. The Morgan fingerprint density at radius 2 is 1.86 bits per heavy atom. The lowest BCUT2D eigenvalue weighted by atomic mass is 9.67. The fourth-order valence-electron chi connectivity index (χ4n) is 7.51. The van der Waals surface area contributed by atoms with E-state index in [0.29, 0.717) is 57.1 Å². The second kappa shape index (κ2) is 14.8. The number of hydrogen-bond acceptors (Lipinski definition) is 9. The normalized spacial score (nSPS) is 25.4. The minimum absolute atomic E-state index is 0.0349. The Morgan fingerprint density at radius 3 is 2.56 bits per heavy atom. The molecule has 0 bridgehead atoms. The van der Waals surface area contributed by atoms with Crippen LogP contribution in [0.5, 0.6) is 11.5 Å². The van der Waals surface area contributed by atoms with E-state index in [0.717, 1.165) is 50.8 Å². The van der Waals surface area contributed by atoms with Crippen LogP contribution in [-0.2, 0) is 30.3 Å². The molecule has 10 heteroatoms. The van der Waals surface area contributed by atoms with Crippen molar-refractivity contribution in [2.24, 2.45) is 11.3 Å². The number of carbonyl (C=O) groups excluding carboxylic acids is 3. The van der Waals surface area contributed by atoms with Crippen molar-refractivity contribution >= 4 is 17.8 Å². The number of esters is 2. The lowest BCUT2D eigenvalue weighted by Gasteiger charge is -2.49. The van der Waals surface area contributed by atoms with Crippen molar-refractivity contribution in [3.63, 3.8) is 0 Å². The van der Waals surface area contributed by atoms with E-state index >= 15 is 0 Å². The van der Waals surface area contributed by atoms with Gasteiger partial charge in [0, 0.05) is 25.2 Å². The number of fused-ring (bicyclic) bond motifs is 1. The highest BCUT2D eigenvalue weighted by atomic mass is 16.6. The van der Waals surface area contributed by atoms with Gasteiger partial charge in [-0.05, 0) is 101 Å². The van der Waals surface area contributed by atoms with E-state index in [9.17, 15) is 24.6 Å². The van der Waals surface area contributed by atoms with Gasteiger partial charge in [0.2, 0.25) is 5.91 Å². The van der Waals surface area contributed by atoms with Crippen molar-refractivity contribution in [1.29, 1.82) is 0 Å². The van der Waals surface area contributed by atoms with Gasteiger partial charge in [0.25, 0.3) is 0 Å². The smallest absolute Gasteiger partial charge is 0.332 e. The molecule has 3 fully saturated rings. The number of aromatic hydroxyl groups is 1. The summed E-state index contributed by atoms with van der Waals surface area (Å²) in [6.45, 7) is 4.58.